The van der Waals surface area contributed by atoms with Gasteiger partial charge in [-0.25, -0.2) is 0 Å². The highest BCUT2D eigenvalue weighted by Crippen LogP contribution is 2.35. The molecule has 0 aliphatic carbocycles. The number of anilines is 1. The molecule has 1 aromatic heterocycles. The van der Waals surface area contributed by atoms with E-state index >= 15 is 0 Å². The van der Waals surface area contributed by atoms with Gasteiger partial charge in [0.2, 0.25) is 10.1 Å². The smallest absolute Gasteiger partial charge is 0.377 e. The van der Waals surface area contributed by atoms with Gasteiger partial charge in [-0.05, 0) is 12.8 Å². The molecule has 0 unspecified atom stereocenters. The van der Waals surface area contributed by atoms with E-state index in [1.165, 1.54) is 0 Å². The van der Waals surface area contributed by atoms with E-state index in [0.29, 0.717) is 42.0 Å². The highest BCUT2D eigenvalue weighted by atomic mass is 35.5. The lowest BCUT2D eigenvalue weighted by atomic mass is 10.1. The molecule has 0 amide bonds. The average Bonchev–Trinajstić information content (AvgIpc) is 2.86. The molecule has 0 spiro atoms. The van der Waals surface area contributed by atoms with Gasteiger partial charge in [-0.3, -0.25) is 0 Å². The Morgan fingerprint density at radius 1 is 1.32 bits per heavy atom. The van der Waals surface area contributed by atoms with Crippen molar-refractivity contribution in [3.63, 3.8) is 0 Å². The number of ether oxygens (including phenoxy) is 1. The number of halogens is 4. The number of hydrogen-bond donors (Lipinski definition) is 0. The number of alkyl halides is 4. The van der Waals surface area contributed by atoms with Crippen molar-refractivity contribution in [3.8, 4) is 0 Å². The second kappa shape index (κ2) is 6.23. The molecule has 0 saturated carbocycles. The highest BCUT2D eigenvalue weighted by Gasteiger charge is 2.36. The molecule has 108 valence electrons. The molecule has 2 heterocycles. The maximum Gasteiger partial charge on any atom is 0.445 e. The zero-order valence-corrected chi connectivity index (χ0v) is 11.6. The minimum absolute atomic E-state index is 0.130. The highest BCUT2D eigenvalue weighted by molar-refractivity contribution is 7.15. The van der Waals surface area contributed by atoms with E-state index in [2.05, 4.69) is 10.2 Å². The molecule has 0 radical (unpaired) electrons. The molecule has 0 aromatic carbocycles. The van der Waals surface area contributed by atoms with Gasteiger partial charge in [0.1, 0.15) is 0 Å². The van der Waals surface area contributed by atoms with Crippen LogP contribution in [0, 0.1) is 0 Å². The minimum Gasteiger partial charge on any atom is -0.377 e. The van der Waals surface area contributed by atoms with Crippen LogP contribution in [-0.4, -0.2) is 41.9 Å². The maximum absolute atomic E-state index is 12.4. The van der Waals surface area contributed by atoms with Crippen LogP contribution < -0.4 is 4.90 Å². The largest absolute Gasteiger partial charge is 0.445 e. The molecule has 1 aliphatic rings. The van der Waals surface area contributed by atoms with Crippen LogP contribution in [0.3, 0.4) is 0 Å². The normalized spacial score (nSPS) is 18.0. The van der Waals surface area contributed by atoms with Crippen molar-refractivity contribution in [2.24, 2.45) is 0 Å². The topological polar surface area (TPSA) is 38.2 Å². The first-order valence-electron chi connectivity index (χ1n) is 5.84. The Morgan fingerprint density at radius 2 is 2.00 bits per heavy atom. The van der Waals surface area contributed by atoms with Crippen LogP contribution in [-0.2, 0) is 10.9 Å². The summed E-state index contributed by atoms with van der Waals surface area (Å²) in [4.78, 5) is 1.81. The molecule has 4 nitrogen and oxygen atoms in total. The molecule has 0 N–H and O–H groups in total. The van der Waals surface area contributed by atoms with Crippen LogP contribution in [0.25, 0.3) is 0 Å². The SMILES string of the molecule is FC(F)(F)c1nnc(N2CCC(OCCCl)CC2)s1. The van der Waals surface area contributed by atoms with Gasteiger partial charge < -0.3 is 9.64 Å². The summed E-state index contributed by atoms with van der Waals surface area (Å²) in [5.74, 6) is 0.450. The van der Waals surface area contributed by atoms with E-state index in [1.807, 2.05) is 4.90 Å². The summed E-state index contributed by atoms with van der Waals surface area (Å²) in [5.41, 5.74) is 0. The van der Waals surface area contributed by atoms with E-state index < -0.39 is 11.2 Å². The lowest BCUT2D eigenvalue weighted by Gasteiger charge is -2.31. The van der Waals surface area contributed by atoms with Crippen molar-refractivity contribution >= 4 is 28.1 Å². The fourth-order valence-electron chi connectivity index (χ4n) is 1.88. The number of piperidine rings is 1. The third-order valence-electron chi connectivity index (χ3n) is 2.80. The zero-order valence-electron chi connectivity index (χ0n) is 9.99. The van der Waals surface area contributed by atoms with Gasteiger partial charge in [-0.15, -0.1) is 21.8 Å². The van der Waals surface area contributed by atoms with E-state index in [9.17, 15) is 13.2 Å². The molecule has 1 saturated heterocycles. The van der Waals surface area contributed by atoms with Crippen molar-refractivity contribution in [3.05, 3.63) is 5.01 Å². The van der Waals surface area contributed by atoms with Gasteiger partial charge in [0, 0.05) is 19.0 Å². The molecule has 1 aliphatic heterocycles. The van der Waals surface area contributed by atoms with Crippen LogP contribution in [0.1, 0.15) is 17.8 Å². The summed E-state index contributed by atoms with van der Waals surface area (Å²) in [6.07, 6.45) is -2.77. The molecular weight excluding hydrogens is 303 g/mol. The summed E-state index contributed by atoms with van der Waals surface area (Å²) in [6.45, 7) is 1.75. The van der Waals surface area contributed by atoms with E-state index in [4.69, 9.17) is 16.3 Å². The third kappa shape index (κ3) is 3.93. The molecule has 1 fully saturated rings. The first kappa shape index (κ1) is 14.8. The van der Waals surface area contributed by atoms with Crippen molar-refractivity contribution in [1.29, 1.82) is 0 Å². The average molecular weight is 316 g/mol. The van der Waals surface area contributed by atoms with Gasteiger partial charge in [0.05, 0.1) is 12.7 Å². The van der Waals surface area contributed by atoms with Crippen LogP contribution >= 0.6 is 22.9 Å². The monoisotopic (exact) mass is 315 g/mol. The standard InChI is InChI=1S/C10H13ClF3N3OS/c11-3-6-18-7-1-4-17(5-2-7)9-16-15-8(19-9)10(12,13)14/h7H,1-6H2. The maximum atomic E-state index is 12.4. The van der Waals surface area contributed by atoms with Crippen molar-refractivity contribution in [1.82, 2.24) is 10.2 Å². The van der Waals surface area contributed by atoms with Crippen LogP contribution in [0.15, 0.2) is 0 Å². The Bertz CT molecular complexity index is 407. The third-order valence-corrected chi connectivity index (χ3v) is 3.98. The lowest BCUT2D eigenvalue weighted by Crippen LogP contribution is -2.37. The van der Waals surface area contributed by atoms with Crippen molar-refractivity contribution < 1.29 is 17.9 Å². The van der Waals surface area contributed by atoms with Crippen molar-refractivity contribution in [2.75, 3.05) is 30.5 Å². The summed E-state index contributed by atoms with van der Waals surface area (Å²) < 4.78 is 42.8. The summed E-state index contributed by atoms with van der Waals surface area (Å²) in [7, 11) is 0. The van der Waals surface area contributed by atoms with Gasteiger partial charge in [-0.1, -0.05) is 11.3 Å². The lowest BCUT2D eigenvalue weighted by molar-refractivity contribution is -0.138. The fraction of sp³-hybridized carbons (Fsp3) is 0.800. The molecule has 0 atom stereocenters. The second-order valence-corrected chi connectivity index (χ2v) is 5.47. The summed E-state index contributed by atoms with van der Waals surface area (Å²) in [5, 5.41) is 6.21. The predicted octanol–water partition coefficient (Wildman–Crippen LogP) is 2.78. The Hall–Kier alpha value is -0.600. The zero-order chi connectivity index (χ0) is 13.9. The van der Waals surface area contributed by atoms with Crippen LogP contribution in [0.2, 0.25) is 0 Å². The molecule has 19 heavy (non-hydrogen) atoms. The Kier molecular flexibility index (Phi) is 4.86. The van der Waals surface area contributed by atoms with E-state index in [0.717, 1.165) is 12.8 Å². The predicted molar refractivity (Wildman–Crippen MR) is 66.8 cm³/mol. The first-order chi connectivity index (χ1) is 9.00. The Labute approximate surface area is 117 Å². The number of hydrogen-bond acceptors (Lipinski definition) is 5. The minimum atomic E-state index is -4.42. The van der Waals surface area contributed by atoms with Gasteiger partial charge in [-0.2, -0.15) is 13.2 Å². The van der Waals surface area contributed by atoms with Crippen molar-refractivity contribution in [2.45, 2.75) is 25.1 Å². The van der Waals surface area contributed by atoms with Gasteiger partial charge in [0.25, 0.3) is 0 Å². The second-order valence-electron chi connectivity index (χ2n) is 4.13. The Morgan fingerprint density at radius 3 is 2.53 bits per heavy atom. The first-order valence-corrected chi connectivity index (χ1v) is 7.19. The number of nitrogens with zero attached hydrogens (tertiary/aromatic N) is 3. The van der Waals surface area contributed by atoms with E-state index in [1.54, 1.807) is 0 Å². The molecule has 0 bridgehead atoms. The van der Waals surface area contributed by atoms with Crippen LogP contribution in [0.5, 0.6) is 0 Å². The molecule has 9 heteroatoms. The number of aromatic nitrogens is 2. The number of rotatable bonds is 4. The summed E-state index contributed by atoms with van der Waals surface area (Å²) >= 11 is 6.11. The molecule has 2 rings (SSSR count). The Balaban J connectivity index is 1.89. The fourth-order valence-corrected chi connectivity index (χ4v) is 2.74. The molecule has 1 aromatic rings. The van der Waals surface area contributed by atoms with Crippen LogP contribution in [0.4, 0.5) is 18.3 Å². The molecular formula is C10H13ClF3N3OS. The van der Waals surface area contributed by atoms with Gasteiger partial charge in [0.15, 0.2) is 0 Å². The van der Waals surface area contributed by atoms with E-state index in [-0.39, 0.29) is 6.10 Å². The summed E-state index contributed by atoms with van der Waals surface area (Å²) in [6, 6.07) is 0. The quantitative estimate of drug-likeness (QED) is 0.801. The van der Waals surface area contributed by atoms with Gasteiger partial charge >= 0.3 is 6.18 Å².